The van der Waals surface area contributed by atoms with Crippen molar-refractivity contribution in [1.29, 1.82) is 0 Å². The minimum Gasteiger partial charge on any atom is -0.481 e. The zero-order valence-corrected chi connectivity index (χ0v) is 8.14. The van der Waals surface area contributed by atoms with E-state index in [4.69, 9.17) is 15.6 Å². The number of para-hydroxylation sites is 1. The van der Waals surface area contributed by atoms with Gasteiger partial charge < -0.3 is 20.5 Å². The first kappa shape index (κ1) is 9.79. The third-order valence-electron chi connectivity index (χ3n) is 2.28. The quantitative estimate of drug-likeness (QED) is 0.670. The Hall–Kier alpha value is -1.75. The first-order valence-corrected chi connectivity index (χ1v) is 4.66. The maximum absolute atomic E-state index is 11.5. The van der Waals surface area contributed by atoms with Crippen molar-refractivity contribution in [3.05, 3.63) is 18.2 Å². The van der Waals surface area contributed by atoms with Gasteiger partial charge in [-0.3, -0.25) is 4.79 Å². The van der Waals surface area contributed by atoms with Gasteiger partial charge in [0.25, 0.3) is 5.91 Å². The van der Waals surface area contributed by atoms with Crippen molar-refractivity contribution in [2.45, 2.75) is 0 Å². The molecule has 1 aromatic rings. The number of amides is 1. The highest BCUT2D eigenvalue weighted by atomic mass is 16.5. The number of hydrogen-bond donors (Lipinski definition) is 2. The number of β-amino-alcohol motifs (C(OH)–C–C–N with tert-alkyl or cyclic N) is 1. The molecule has 1 amide bonds. The smallest absolute Gasteiger partial charge is 0.265 e. The number of nitrogens with two attached hydrogens (primary N) is 1. The summed E-state index contributed by atoms with van der Waals surface area (Å²) in [6.07, 6.45) is 0. The molecule has 80 valence electrons. The molecular formula is C10H12N2O3. The summed E-state index contributed by atoms with van der Waals surface area (Å²) in [5.41, 5.74) is 6.81. The van der Waals surface area contributed by atoms with Crippen molar-refractivity contribution in [2.24, 2.45) is 0 Å². The van der Waals surface area contributed by atoms with Gasteiger partial charge in [0.05, 0.1) is 12.3 Å². The van der Waals surface area contributed by atoms with E-state index < -0.39 is 0 Å². The fourth-order valence-corrected chi connectivity index (χ4v) is 1.62. The monoisotopic (exact) mass is 208 g/mol. The normalized spacial score (nSPS) is 14.7. The second kappa shape index (κ2) is 3.78. The van der Waals surface area contributed by atoms with Crippen molar-refractivity contribution in [2.75, 3.05) is 30.4 Å². The van der Waals surface area contributed by atoms with E-state index in [-0.39, 0.29) is 25.7 Å². The molecule has 1 heterocycles. The van der Waals surface area contributed by atoms with Gasteiger partial charge in [-0.05, 0) is 12.1 Å². The van der Waals surface area contributed by atoms with Gasteiger partial charge in [0.1, 0.15) is 11.4 Å². The summed E-state index contributed by atoms with van der Waals surface area (Å²) in [5, 5.41) is 8.88. The number of nitrogens with zero attached hydrogens (tertiary/aromatic N) is 1. The highest BCUT2D eigenvalue weighted by molar-refractivity contribution is 6.01. The molecule has 0 saturated heterocycles. The molecular weight excluding hydrogens is 196 g/mol. The van der Waals surface area contributed by atoms with E-state index in [0.29, 0.717) is 17.1 Å². The molecule has 0 fully saturated rings. The third-order valence-corrected chi connectivity index (χ3v) is 2.28. The Morgan fingerprint density at radius 3 is 3.07 bits per heavy atom. The number of anilines is 2. The Balaban J connectivity index is 2.45. The topological polar surface area (TPSA) is 75.8 Å². The van der Waals surface area contributed by atoms with Crippen LogP contribution in [0, 0.1) is 0 Å². The number of carbonyl (C=O) groups is 1. The van der Waals surface area contributed by atoms with Crippen LogP contribution in [0.25, 0.3) is 0 Å². The Labute approximate surface area is 87.1 Å². The molecule has 0 bridgehead atoms. The van der Waals surface area contributed by atoms with Gasteiger partial charge in [-0.2, -0.15) is 0 Å². The summed E-state index contributed by atoms with van der Waals surface area (Å²) < 4.78 is 5.24. The summed E-state index contributed by atoms with van der Waals surface area (Å²) in [5.74, 6) is 0.400. The Bertz CT molecular complexity index is 392. The summed E-state index contributed by atoms with van der Waals surface area (Å²) in [7, 11) is 0. The Morgan fingerprint density at radius 2 is 2.33 bits per heavy atom. The van der Waals surface area contributed by atoms with Crippen LogP contribution in [-0.2, 0) is 4.79 Å². The Kier molecular flexibility index (Phi) is 2.47. The van der Waals surface area contributed by atoms with Crippen molar-refractivity contribution >= 4 is 17.3 Å². The lowest BCUT2D eigenvalue weighted by Crippen LogP contribution is -2.40. The maximum Gasteiger partial charge on any atom is 0.265 e. The second-order valence-electron chi connectivity index (χ2n) is 3.25. The molecule has 1 aliphatic rings. The van der Waals surface area contributed by atoms with Crippen molar-refractivity contribution < 1.29 is 14.6 Å². The number of aliphatic hydroxyl groups is 1. The van der Waals surface area contributed by atoms with Crippen LogP contribution in [0.4, 0.5) is 11.4 Å². The van der Waals surface area contributed by atoms with Crippen LogP contribution in [0.2, 0.25) is 0 Å². The lowest BCUT2D eigenvalue weighted by atomic mass is 10.2. The molecule has 0 aromatic heterocycles. The number of hydrogen-bond acceptors (Lipinski definition) is 4. The largest absolute Gasteiger partial charge is 0.481 e. The average molecular weight is 208 g/mol. The van der Waals surface area contributed by atoms with E-state index in [9.17, 15) is 4.79 Å². The number of ether oxygens (including phenoxy) is 1. The van der Waals surface area contributed by atoms with Gasteiger partial charge in [-0.1, -0.05) is 6.07 Å². The van der Waals surface area contributed by atoms with Crippen LogP contribution in [0.3, 0.4) is 0 Å². The summed E-state index contributed by atoms with van der Waals surface area (Å²) in [4.78, 5) is 13.0. The zero-order valence-electron chi connectivity index (χ0n) is 8.14. The first-order chi connectivity index (χ1) is 7.24. The molecule has 3 N–H and O–H groups in total. The highest BCUT2D eigenvalue weighted by Crippen LogP contribution is 2.36. The van der Waals surface area contributed by atoms with Crippen LogP contribution in [0.15, 0.2) is 18.2 Å². The van der Waals surface area contributed by atoms with Gasteiger partial charge in [-0.15, -0.1) is 0 Å². The minimum absolute atomic E-state index is 0.00352. The molecule has 1 aromatic carbocycles. The van der Waals surface area contributed by atoms with E-state index in [1.54, 1.807) is 18.2 Å². The number of nitrogen functional groups attached to an aromatic ring is 1. The SMILES string of the molecule is Nc1cccc2c1N(CCO)C(=O)CO2. The predicted molar refractivity (Wildman–Crippen MR) is 55.8 cm³/mol. The standard InChI is InChI=1S/C10H12N2O3/c11-7-2-1-3-8-10(7)12(4-5-13)9(14)6-15-8/h1-3,13H,4-6,11H2. The Morgan fingerprint density at radius 1 is 1.53 bits per heavy atom. The average Bonchev–Trinajstić information content (AvgIpc) is 2.23. The van der Waals surface area contributed by atoms with E-state index in [0.717, 1.165) is 0 Å². The van der Waals surface area contributed by atoms with Crippen molar-refractivity contribution in [1.82, 2.24) is 0 Å². The molecule has 0 atom stereocenters. The van der Waals surface area contributed by atoms with E-state index in [2.05, 4.69) is 0 Å². The number of carbonyl (C=O) groups excluding carboxylic acids is 1. The summed E-state index contributed by atoms with van der Waals surface area (Å²) in [6.45, 7) is 0.138. The zero-order chi connectivity index (χ0) is 10.8. The summed E-state index contributed by atoms with van der Waals surface area (Å²) >= 11 is 0. The lowest BCUT2D eigenvalue weighted by molar-refractivity contribution is -0.121. The molecule has 0 spiro atoms. The van der Waals surface area contributed by atoms with Gasteiger partial charge in [0, 0.05) is 6.54 Å². The second-order valence-corrected chi connectivity index (χ2v) is 3.25. The molecule has 2 rings (SSSR count). The molecule has 15 heavy (non-hydrogen) atoms. The lowest BCUT2D eigenvalue weighted by Gasteiger charge is -2.29. The van der Waals surface area contributed by atoms with E-state index in [1.165, 1.54) is 4.90 Å². The van der Waals surface area contributed by atoms with Crippen molar-refractivity contribution in [3.8, 4) is 5.75 Å². The van der Waals surface area contributed by atoms with Crippen LogP contribution in [0.1, 0.15) is 0 Å². The number of rotatable bonds is 2. The minimum atomic E-state index is -0.186. The number of aliphatic hydroxyl groups excluding tert-OH is 1. The van der Waals surface area contributed by atoms with Gasteiger partial charge >= 0.3 is 0 Å². The fraction of sp³-hybridized carbons (Fsp3) is 0.300. The fourth-order valence-electron chi connectivity index (χ4n) is 1.62. The molecule has 0 unspecified atom stereocenters. The molecule has 1 aliphatic heterocycles. The van der Waals surface area contributed by atoms with Crippen LogP contribution in [-0.4, -0.2) is 30.8 Å². The number of fused-ring (bicyclic) bond motifs is 1. The maximum atomic E-state index is 11.5. The molecule has 0 radical (unpaired) electrons. The first-order valence-electron chi connectivity index (χ1n) is 4.66. The number of benzene rings is 1. The van der Waals surface area contributed by atoms with Crippen molar-refractivity contribution in [3.63, 3.8) is 0 Å². The van der Waals surface area contributed by atoms with Crippen LogP contribution >= 0.6 is 0 Å². The predicted octanol–water partition coefficient (Wildman–Crippen LogP) is -0.0135. The van der Waals surface area contributed by atoms with E-state index in [1.807, 2.05) is 0 Å². The van der Waals surface area contributed by atoms with Gasteiger partial charge in [0.2, 0.25) is 0 Å². The molecule has 0 saturated carbocycles. The van der Waals surface area contributed by atoms with E-state index >= 15 is 0 Å². The van der Waals surface area contributed by atoms with Gasteiger partial charge in [0.15, 0.2) is 6.61 Å². The molecule has 0 aliphatic carbocycles. The summed E-state index contributed by atoms with van der Waals surface area (Å²) in [6, 6.07) is 5.22. The molecule has 5 heteroatoms. The highest BCUT2D eigenvalue weighted by Gasteiger charge is 2.26. The van der Waals surface area contributed by atoms with Gasteiger partial charge in [-0.25, -0.2) is 0 Å². The molecule has 5 nitrogen and oxygen atoms in total. The third kappa shape index (κ3) is 1.61. The van der Waals surface area contributed by atoms with Crippen LogP contribution in [0.5, 0.6) is 5.75 Å². The van der Waals surface area contributed by atoms with Crippen LogP contribution < -0.4 is 15.4 Å².